The maximum absolute atomic E-state index is 12.2. The van der Waals surface area contributed by atoms with Gasteiger partial charge in [0.25, 0.3) is 5.91 Å². The Bertz CT molecular complexity index is 741. The molecule has 1 aromatic heterocycles. The lowest BCUT2D eigenvalue weighted by Gasteiger charge is -2.11. The molecule has 106 valence electrons. The van der Waals surface area contributed by atoms with Crippen molar-refractivity contribution >= 4 is 16.9 Å². The minimum Gasteiger partial charge on any atom is -0.342 e. The van der Waals surface area contributed by atoms with E-state index in [0.29, 0.717) is 5.56 Å². The van der Waals surface area contributed by atoms with Gasteiger partial charge in [0.05, 0.1) is 17.1 Å². The van der Waals surface area contributed by atoms with Gasteiger partial charge >= 0.3 is 0 Å². The van der Waals surface area contributed by atoms with Crippen LogP contribution in [0.4, 0.5) is 0 Å². The summed E-state index contributed by atoms with van der Waals surface area (Å²) in [5, 5.41) is 2.96. The molecule has 21 heavy (non-hydrogen) atoms. The van der Waals surface area contributed by atoms with E-state index >= 15 is 0 Å². The van der Waals surface area contributed by atoms with Crippen molar-refractivity contribution < 1.29 is 4.79 Å². The van der Waals surface area contributed by atoms with E-state index in [1.54, 1.807) is 0 Å². The number of aryl methyl sites for hydroxylation is 1. The molecule has 0 saturated heterocycles. The first-order valence-corrected chi connectivity index (χ1v) is 6.95. The number of imidazole rings is 1. The Balaban J connectivity index is 1.77. The van der Waals surface area contributed by atoms with Crippen LogP contribution >= 0.6 is 0 Å². The van der Waals surface area contributed by atoms with Crippen LogP contribution in [0.1, 0.15) is 34.7 Å². The summed E-state index contributed by atoms with van der Waals surface area (Å²) < 4.78 is 0. The molecule has 1 atom stereocenters. The maximum Gasteiger partial charge on any atom is 0.251 e. The number of nitrogens with one attached hydrogen (secondary N) is 2. The standard InChI is InChI=1S/C17H17N3O/c1-11-7-9-13(10-8-11)17(21)18-12(2)16-19-14-5-3-4-6-15(14)20-16/h3-10,12H,1-2H3,(H,18,21)(H,19,20). The van der Waals surface area contributed by atoms with Crippen LogP contribution in [0, 0.1) is 6.92 Å². The molecule has 1 heterocycles. The minimum absolute atomic E-state index is 0.0945. The van der Waals surface area contributed by atoms with Crippen molar-refractivity contribution in [1.29, 1.82) is 0 Å². The molecule has 3 rings (SSSR count). The number of aromatic amines is 1. The monoisotopic (exact) mass is 279 g/mol. The predicted molar refractivity (Wildman–Crippen MR) is 83.2 cm³/mol. The molecule has 0 aliphatic rings. The predicted octanol–water partition coefficient (Wildman–Crippen LogP) is 3.36. The number of para-hydroxylation sites is 2. The third-order valence-electron chi connectivity index (χ3n) is 3.48. The van der Waals surface area contributed by atoms with Crippen molar-refractivity contribution in [3.63, 3.8) is 0 Å². The number of fused-ring (bicyclic) bond motifs is 1. The smallest absolute Gasteiger partial charge is 0.251 e. The van der Waals surface area contributed by atoms with Crippen molar-refractivity contribution in [3.05, 3.63) is 65.5 Å². The molecule has 0 spiro atoms. The second kappa shape index (κ2) is 5.40. The molecule has 3 aromatic rings. The van der Waals surface area contributed by atoms with Crippen LogP contribution in [0.2, 0.25) is 0 Å². The van der Waals surface area contributed by atoms with E-state index in [0.717, 1.165) is 22.4 Å². The van der Waals surface area contributed by atoms with E-state index in [2.05, 4.69) is 15.3 Å². The van der Waals surface area contributed by atoms with Crippen molar-refractivity contribution in [1.82, 2.24) is 15.3 Å². The Morgan fingerprint density at radius 3 is 2.57 bits per heavy atom. The van der Waals surface area contributed by atoms with Crippen LogP contribution in [0.15, 0.2) is 48.5 Å². The molecular formula is C17H17N3O. The number of amides is 1. The highest BCUT2D eigenvalue weighted by Crippen LogP contribution is 2.16. The van der Waals surface area contributed by atoms with Gasteiger partial charge < -0.3 is 10.3 Å². The Kier molecular flexibility index (Phi) is 3.44. The second-order valence-electron chi connectivity index (χ2n) is 5.20. The Morgan fingerprint density at radius 2 is 1.86 bits per heavy atom. The molecule has 0 aliphatic carbocycles. The number of aromatic nitrogens is 2. The number of H-pyrrole nitrogens is 1. The molecule has 0 saturated carbocycles. The molecular weight excluding hydrogens is 262 g/mol. The van der Waals surface area contributed by atoms with E-state index in [-0.39, 0.29) is 11.9 Å². The fourth-order valence-electron chi connectivity index (χ4n) is 2.23. The summed E-state index contributed by atoms with van der Waals surface area (Å²) in [4.78, 5) is 19.9. The molecule has 2 N–H and O–H groups in total. The van der Waals surface area contributed by atoms with Crippen molar-refractivity contribution in [2.75, 3.05) is 0 Å². The fraction of sp³-hybridized carbons (Fsp3) is 0.176. The molecule has 0 aliphatic heterocycles. The summed E-state index contributed by atoms with van der Waals surface area (Å²) in [7, 11) is 0. The quantitative estimate of drug-likeness (QED) is 0.772. The average molecular weight is 279 g/mol. The molecule has 1 amide bonds. The van der Waals surface area contributed by atoms with Gasteiger partial charge in [-0.3, -0.25) is 4.79 Å². The van der Waals surface area contributed by atoms with Crippen molar-refractivity contribution in [2.45, 2.75) is 19.9 Å². The Morgan fingerprint density at radius 1 is 1.14 bits per heavy atom. The largest absolute Gasteiger partial charge is 0.342 e. The number of carbonyl (C=O) groups is 1. The third kappa shape index (κ3) is 2.79. The van der Waals surface area contributed by atoms with E-state index in [4.69, 9.17) is 0 Å². The highest BCUT2D eigenvalue weighted by molar-refractivity contribution is 5.94. The zero-order valence-corrected chi connectivity index (χ0v) is 12.1. The second-order valence-corrected chi connectivity index (χ2v) is 5.20. The van der Waals surface area contributed by atoms with Gasteiger partial charge in [0.2, 0.25) is 0 Å². The van der Waals surface area contributed by atoms with Crippen LogP contribution in [-0.2, 0) is 0 Å². The number of hydrogen-bond donors (Lipinski definition) is 2. The van der Waals surface area contributed by atoms with E-state index < -0.39 is 0 Å². The SMILES string of the molecule is Cc1ccc(C(=O)NC(C)c2nc3ccccc3[nH]2)cc1. The highest BCUT2D eigenvalue weighted by Gasteiger charge is 2.14. The van der Waals surface area contributed by atoms with Crippen LogP contribution in [-0.4, -0.2) is 15.9 Å². The zero-order valence-electron chi connectivity index (χ0n) is 12.1. The molecule has 0 fully saturated rings. The van der Waals surface area contributed by atoms with Gasteiger partial charge in [0.1, 0.15) is 5.82 Å². The van der Waals surface area contributed by atoms with Crippen LogP contribution in [0.5, 0.6) is 0 Å². The molecule has 4 heteroatoms. The third-order valence-corrected chi connectivity index (χ3v) is 3.48. The molecule has 2 aromatic carbocycles. The van der Waals surface area contributed by atoms with Gasteiger partial charge in [0, 0.05) is 5.56 Å². The lowest BCUT2D eigenvalue weighted by Crippen LogP contribution is -2.27. The lowest BCUT2D eigenvalue weighted by atomic mass is 10.1. The summed E-state index contributed by atoms with van der Waals surface area (Å²) in [6, 6.07) is 15.2. The van der Waals surface area contributed by atoms with E-state index in [1.807, 2.05) is 62.4 Å². The van der Waals surface area contributed by atoms with Gasteiger partial charge in [0.15, 0.2) is 0 Å². The Hall–Kier alpha value is -2.62. The van der Waals surface area contributed by atoms with E-state index in [9.17, 15) is 4.79 Å². The summed E-state index contributed by atoms with van der Waals surface area (Å²) in [6.07, 6.45) is 0. The van der Waals surface area contributed by atoms with Crippen LogP contribution in [0.25, 0.3) is 11.0 Å². The van der Waals surface area contributed by atoms with E-state index in [1.165, 1.54) is 0 Å². The molecule has 4 nitrogen and oxygen atoms in total. The average Bonchev–Trinajstić information content (AvgIpc) is 2.92. The number of hydrogen-bond acceptors (Lipinski definition) is 2. The first kappa shape index (κ1) is 13.4. The number of rotatable bonds is 3. The first-order chi connectivity index (χ1) is 10.1. The van der Waals surface area contributed by atoms with Gasteiger partial charge in [-0.05, 0) is 38.1 Å². The highest BCUT2D eigenvalue weighted by atomic mass is 16.1. The van der Waals surface area contributed by atoms with Crippen molar-refractivity contribution in [3.8, 4) is 0 Å². The summed E-state index contributed by atoms with van der Waals surface area (Å²) in [6.45, 7) is 3.92. The maximum atomic E-state index is 12.2. The summed E-state index contributed by atoms with van der Waals surface area (Å²) >= 11 is 0. The topological polar surface area (TPSA) is 57.8 Å². The Labute approximate surface area is 123 Å². The molecule has 0 radical (unpaired) electrons. The van der Waals surface area contributed by atoms with Gasteiger partial charge in [-0.15, -0.1) is 0 Å². The summed E-state index contributed by atoms with van der Waals surface area (Å²) in [5.74, 6) is 0.666. The normalized spacial score (nSPS) is 12.3. The fourth-order valence-corrected chi connectivity index (χ4v) is 2.23. The lowest BCUT2D eigenvalue weighted by molar-refractivity contribution is 0.0938. The van der Waals surface area contributed by atoms with Crippen LogP contribution in [0.3, 0.4) is 0 Å². The minimum atomic E-state index is -0.175. The molecule has 1 unspecified atom stereocenters. The number of nitrogens with zero attached hydrogens (tertiary/aromatic N) is 1. The zero-order chi connectivity index (χ0) is 14.8. The first-order valence-electron chi connectivity index (χ1n) is 6.95. The number of carbonyl (C=O) groups excluding carboxylic acids is 1. The van der Waals surface area contributed by atoms with Crippen LogP contribution < -0.4 is 5.32 Å². The molecule has 0 bridgehead atoms. The van der Waals surface area contributed by atoms with Gasteiger partial charge in [-0.2, -0.15) is 0 Å². The van der Waals surface area contributed by atoms with Gasteiger partial charge in [-0.25, -0.2) is 4.98 Å². The number of benzene rings is 2. The summed E-state index contributed by atoms with van der Waals surface area (Å²) in [5.41, 5.74) is 3.67. The van der Waals surface area contributed by atoms with Gasteiger partial charge in [-0.1, -0.05) is 29.8 Å². The van der Waals surface area contributed by atoms with Crippen molar-refractivity contribution in [2.24, 2.45) is 0 Å².